The number of hydrogen-bond acceptors (Lipinski definition) is 4. The maximum absolute atomic E-state index is 13.1. The van der Waals surface area contributed by atoms with Crippen LogP contribution in [0, 0.1) is 0 Å². The van der Waals surface area contributed by atoms with Crippen molar-refractivity contribution in [2.75, 3.05) is 19.7 Å². The molecule has 7 heteroatoms. The summed E-state index contributed by atoms with van der Waals surface area (Å²) in [4.78, 5) is 29.2. The van der Waals surface area contributed by atoms with E-state index in [-0.39, 0.29) is 17.9 Å². The molecule has 3 aliphatic rings. The molecule has 2 aromatic rings. The molecular formula is C19H20N4O3. The smallest absolute Gasteiger partial charge is 0.254 e. The van der Waals surface area contributed by atoms with Crippen molar-refractivity contribution in [2.45, 2.75) is 31.0 Å². The molecule has 2 atom stereocenters. The second-order valence-electron chi connectivity index (χ2n) is 7.06. The van der Waals surface area contributed by atoms with E-state index in [1.807, 2.05) is 46.3 Å². The summed E-state index contributed by atoms with van der Waals surface area (Å²) in [6.45, 7) is 2.00. The van der Waals surface area contributed by atoms with Gasteiger partial charge in [-0.25, -0.2) is 4.68 Å². The van der Waals surface area contributed by atoms with Crippen LogP contribution >= 0.6 is 0 Å². The number of carbonyl (C=O) groups excluding carboxylic acids is 2. The Hall–Kier alpha value is -2.67. The topological polar surface area (TPSA) is 67.7 Å². The van der Waals surface area contributed by atoms with Gasteiger partial charge in [-0.2, -0.15) is 5.10 Å². The minimum Gasteiger partial charge on any atom is -0.353 e. The summed E-state index contributed by atoms with van der Waals surface area (Å²) >= 11 is 0. The van der Waals surface area contributed by atoms with Crippen LogP contribution in [-0.4, -0.2) is 62.9 Å². The third-order valence-corrected chi connectivity index (χ3v) is 5.76. The SMILES string of the molecule is O=C(c1ccc(-n2cccn2)cc1)N1CC[C@@]23OCCCN2C(=O)C[C@@H]13. The van der Waals surface area contributed by atoms with Crippen molar-refractivity contribution < 1.29 is 14.3 Å². The van der Waals surface area contributed by atoms with Crippen LogP contribution in [0.5, 0.6) is 0 Å². The van der Waals surface area contributed by atoms with Crippen LogP contribution in [0.15, 0.2) is 42.7 Å². The van der Waals surface area contributed by atoms with Crippen molar-refractivity contribution in [3.63, 3.8) is 0 Å². The van der Waals surface area contributed by atoms with Gasteiger partial charge >= 0.3 is 0 Å². The third-order valence-electron chi connectivity index (χ3n) is 5.76. The number of hydrogen-bond donors (Lipinski definition) is 0. The number of aromatic nitrogens is 2. The molecule has 134 valence electrons. The minimum absolute atomic E-state index is 0.0392. The van der Waals surface area contributed by atoms with Crippen molar-refractivity contribution in [1.29, 1.82) is 0 Å². The van der Waals surface area contributed by atoms with Crippen molar-refractivity contribution in [2.24, 2.45) is 0 Å². The van der Waals surface area contributed by atoms with Crippen LogP contribution in [-0.2, 0) is 9.53 Å². The van der Waals surface area contributed by atoms with E-state index in [1.165, 1.54) is 0 Å². The van der Waals surface area contributed by atoms with E-state index < -0.39 is 5.72 Å². The standard InChI is InChI=1S/C19H20N4O3/c24-17-13-16-19(22(17)9-2-12-26-19)7-11-21(16)18(25)14-3-5-15(6-4-14)23-10-1-8-20-23/h1,3-6,8,10,16H,2,7,9,11-13H2/t16-,19+/m1/s1. The Kier molecular flexibility index (Phi) is 3.40. The van der Waals surface area contributed by atoms with Gasteiger partial charge in [-0.3, -0.25) is 9.59 Å². The lowest BCUT2D eigenvalue weighted by Gasteiger charge is -2.42. The van der Waals surface area contributed by atoms with E-state index >= 15 is 0 Å². The van der Waals surface area contributed by atoms with Gasteiger partial charge in [0.2, 0.25) is 5.91 Å². The molecule has 0 bridgehead atoms. The van der Waals surface area contributed by atoms with Crippen LogP contribution < -0.4 is 0 Å². The summed E-state index contributed by atoms with van der Waals surface area (Å²) in [5.41, 5.74) is 0.932. The van der Waals surface area contributed by atoms with E-state index in [4.69, 9.17) is 4.74 Å². The fraction of sp³-hybridized carbons (Fsp3) is 0.421. The Morgan fingerprint density at radius 2 is 2.08 bits per heavy atom. The van der Waals surface area contributed by atoms with Crippen LogP contribution in [0.25, 0.3) is 5.69 Å². The fourth-order valence-corrected chi connectivity index (χ4v) is 4.54. The molecular weight excluding hydrogens is 332 g/mol. The summed E-state index contributed by atoms with van der Waals surface area (Å²) in [6.07, 6.45) is 5.50. The largest absolute Gasteiger partial charge is 0.353 e. The first-order valence-electron chi connectivity index (χ1n) is 9.04. The van der Waals surface area contributed by atoms with Crippen molar-refractivity contribution in [3.05, 3.63) is 48.3 Å². The Morgan fingerprint density at radius 3 is 2.85 bits per heavy atom. The number of ether oxygens (including phenoxy) is 1. The first-order valence-corrected chi connectivity index (χ1v) is 9.04. The summed E-state index contributed by atoms with van der Waals surface area (Å²) in [5, 5.41) is 4.20. The van der Waals surface area contributed by atoms with Gasteiger partial charge in [-0.1, -0.05) is 0 Å². The molecule has 0 saturated carbocycles. The molecule has 1 spiro atoms. The Balaban J connectivity index is 1.40. The molecule has 0 unspecified atom stereocenters. The second-order valence-corrected chi connectivity index (χ2v) is 7.06. The lowest BCUT2D eigenvalue weighted by Crippen LogP contribution is -2.56. The quantitative estimate of drug-likeness (QED) is 0.820. The normalized spacial score (nSPS) is 27.5. The van der Waals surface area contributed by atoms with Gasteiger partial charge in [0.25, 0.3) is 5.91 Å². The van der Waals surface area contributed by atoms with Gasteiger partial charge in [0, 0.05) is 37.5 Å². The van der Waals surface area contributed by atoms with E-state index in [0.29, 0.717) is 31.6 Å². The molecule has 3 saturated heterocycles. The number of benzene rings is 1. The fourth-order valence-electron chi connectivity index (χ4n) is 4.54. The zero-order valence-electron chi connectivity index (χ0n) is 14.4. The Labute approximate surface area is 151 Å². The maximum Gasteiger partial charge on any atom is 0.254 e. The van der Waals surface area contributed by atoms with Crippen molar-refractivity contribution >= 4 is 11.8 Å². The highest BCUT2D eigenvalue weighted by Gasteiger charge is 2.61. The highest BCUT2D eigenvalue weighted by molar-refractivity contribution is 5.96. The van der Waals surface area contributed by atoms with Crippen molar-refractivity contribution in [3.8, 4) is 5.69 Å². The summed E-state index contributed by atoms with van der Waals surface area (Å²) < 4.78 is 7.82. The zero-order chi connectivity index (χ0) is 17.7. The predicted molar refractivity (Wildman–Crippen MR) is 92.6 cm³/mol. The predicted octanol–water partition coefficient (Wildman–Crippen LogP) is 1.44. The average molecular weight is 352 g/mol. The number of rotatable bonds is 2. The summed E-state index contributed by atoms with van der Waals surface area (Å²) in [5.74, 6) is 0.0592. The molecule has 5 rings (SSSR count). The highest BCUT2D eigenvalue weighted by atomic mass is 16.5. The van der Waals surface area contributed by atoms with Gasteiger partial charge in [0.1, 0.15) is 0 Å². The minimum atomic E-state index is -0.597. The van der Waals surface area contributed by atoms with E-state index in [9.17, 15) is 9.59 Å². The molecule has 3 fully saturated rings. The molecule has 26 heavy (non-hydrogen) atoms. The monoisotopic (exact) mass is 352 g/mol. The lowest BCUT2D eigenvalue weighted by molar-refractivity contribution is -0.179. The van der Waals surface area contributed by atoms with Gasteiger partial charge in [-0.15, -0.1) is 0 Å². The molecule has 2 amide bonds. The van der Waals surface area contributed by atoms with Gasteiger partial charge in [-0.05, 0) is 36.8 Å². The molecule has 0 aliphatic carbocycles. The van der Waals surface area contributed by atoms with Crippen LogP contribution in [0.2, 0.25) is 0 Å². The van der Waals surface area contributed by atoms with Crippen LogP contribution in [0.1, 0.15) is 29.6 Å². The number of likely N-dealkylation sites (tertiary alicyclic amines) is 1. The maximum atomic E-state index is 13.1. The zero-order valence-corrected chi connectivity index (χ0v) is 14.4. The number of carbonyl (C=O) groups is 2. The second kappa shape index (κ2) is 5.67. The lowest BCUT2D eigenvalue weighted by atomic mass is 10.0. The molecule has 7 nitrogen and oxygen atoms in total. The molecule has 1 aromatic carbocycles. The Morgan fingerprint density at radius 1 is 1.23 bits per heavy atom. The van der Waals surface area contributed by atoms with Crippen LogP contribution in [0.4, 0.5) is 0 Å². The van der Waals surface area contributed by atoms with E-state index in [1.54, 1.807) is 10.9 Å². The third kappa shape index (κ3) is 2.13. The van der Waals surface area contributed by atoms with Crippen molar-refractivity contribution in [1.82, 2.24) is 19.6 Å². The highest BCUT2D eigenvalue weighted by Crippen LogP contribution is 2.45. The number of amides is 2. The average Bonchev–Trinajstić information content (AvgIpc) is 3.37. The first kappa shape index (κ1) is 15.6. The molecule has 1 aromatic heterocycles. The summed E-state index contributed by atoms with van der Waals surface area (Å²) in [6, 6.07) is 9.08. The molecule has 0 radical (unpaired) electrons. The first-order chi connectivity index (χ1) is 12.7. The van der Waals surface area contributed by atoms with Gasteiger partial charge in [0.05, 0.1) is 24.8 Å². The molecule has 4 heterocycles. The molecule has 3 aliphatic heterocycles. The van der Waals surface area contributed by atoms with Gasteiger partial charge in [0.15, 0.2) is 5.72 Å². The van der Waals surface area contributed by atoms with Gasteiger partial charge < -0.3 is 14.5 Å². The summed E-state index contributed by atoms with van der Waals surface area (Å²) in [7, 11) is 0. The van der Waals surface area contributed by atoms with Crippen LogP contribution in [0.3, 0.4) is 0 Å². The Bertz CT molecular complexity index is 848. The van der Waals surface area contributed by atoms with E-state index in [2.05, 4.69) is 5.10 Å². The molecule has 0 N–H and O–H groups in total. The van der Waals surface area contributed by atoms with E-state index in [0.717, 1.165) is 18.7 Å². The number of nitrogens with zero attached hydrogens (tertiary/aromatic N) is 4.